The molecule has 0 unspecified atom stereocenters. The Kier molecular flexibility index (Phi) is 5.34. The Morgan fingerprint density at radius 1 is 1.17 bits per heavy atom. The highest BCUT2D eigenvalue weighted by atomic mass is 32.1. The smallest absolute Gasteiger partial charge is 0.305 e. The Morgan fingerprint density at radius 2 is 1.87 bits per heavy atom. The first kappa shape index (κ1) is 16.5. The number of H-pyrrole nitrogens is 1. The molecule has 1 aliphatic carbocycles. The molecule has 0 amide bonds. The van der Waals surface area contributed by atoms with E-state index in [4.69, 9.17) is 0 Å². The van der Waals surface area contributed by atoms with Gasteiger partial charge in [-0.15, -0.1) is 0 Å². The Balaban J connectivity index is 1.80. The zero-order chi connectivity index (χ0) is 16.2. The lowest BCUT2D eigenvalue weighted by Crippen LogP contribution is -2.32. The lowest BCUT2D eigenvalue weighted by atomic mass is 9.94. The second-order valence-corrected chi connectivity index (χ2v) is 7.64. The van der Waals surface area contributed by atoms with Crippen molar-refractivity contribution >= 4 is 11.3 Å². The lowest BCUT2D eigenvalue weighted by Gasteiger charge is -2.31. The van der Waals surface area contributed by atoms with Crippen LogP contribution in [0.2, 0.25) is 0 Å². The molecular formula is C19H26N2OS. The summed E-state index contributed by atoms with van der Waals surface area (Å²) in [5, 5.41) is 0. The summed E-state index contributed by atoms with van der Waals surface area (Å²) in [7, 11) is 2.20. The molecule has 1 heterocycles. The molecule has 23 heavy (non-hydrogen) atoms. The van der Waals surface area contributed by atoms with Crippen molar-refractivity contribution in [3.63, 3.8) is 0 Å². The summed E-state index contributed by atoms with van der Waals surface area (Å²) in [5.74, 6) is 0. The molecule has 1 aliphatic rings. The second-order valence-electron chi connectivity index (χ2n) is 6.57. The van der Waals surface area contributed by atoms with Crippen LogP contribution in [0.5, 0.6) is 0 Å². The van der Waals surface area contributed by atoms with E-state index in [9.17, 15) is 4.79 Å². The first-order valence-corrected chi connectivity index (χ1v) is 9.50. The van der Waals surface area contributed by atoms with Gasteiger partial charge in [-0.2, -0.15) is 0 Å². The fourth-order valence-corrected chi connectivity index (χ4v) is 4.41. The number of hydrogen-bond acceptors (Lipinski definition) is 3. The van der Waals surface area contributed by atoms with Gasteiger partial charge < -0.3 is 4.98 Å². The Bertz CT molecular complexity index is 680. The highest BCUT2D eigenvalue weighted by Gasteiger charge is 2.20. The molecule has 1 N–H and O–H groups in total. The maximum absolute atomic E-state index is 11.9. The van der Waals surface area contributed by atoms with Crippen LogP contribution in [0.3, 0.4) is 0 Å². The third kappa shape index (κ3) is 3.93. The predicted octanol–water partition coefficient (Wildman–Crippen LogP) is 4.43. The Labute approximate surface area is 142 Å². The van der Waals surface area contributed by atoms with Gasteiger partial charge >= 0.3 is 4.87 Å². The van der Waals surface area contributed by atoms with Crippen molar-refractivity contribution in [3.8, 4) is 11.3 Å². The molecule has 0 spiro atoms. The van der Waals surface area contributed by atoms with E-state index >= 15 is 0 Å². The maximum atomic E-state index is 11.9. The topological polar surface area (TPSA) is 36.1 Å². The van der Waals surface area contributed by atoms with Crippen LogP contribution in [0, 0.1) is 0 Å². The summed E-state index contributed by atoms with van der Waals surface area (Å²) < 4.78 is 0. The van der Waals surface area contributed by atoms with E-state index in [0.29, 0.717) is 6.04 Å². The van der Waals surface area contributed by atoms with Gasteiger partial charge in [-0.1, -0.05) is 61.8 Å². The number of nitrogens with zero attached hydrogens (tertiary/aromatic N) is 1. The van der Waals surface area contributed by atoms with Crippen molar-refractivity contribution in [3.05, 3.63) is 44.4 Å². The van der Waals surface area contributed by atoms with Crippen LogP contribution in [0.25, 0.3) is 11.3 Å². The van der Waals surface area contributed by atoms with E-state index in [-0.39, 0.29) is 4.87 Å². The van der Waals surface area contributed by atoms with Crippen LogP contribution < -0.4 is 4.87 Å². The van der Waals surface area contributed by atoms with Gasteiger partial charge in [-0.05, 0) is 37.4 Å². The standard InChI is InChI=1S/C19H26N2OS/c1-3-14-9-11-15(12-10-14)18-17(23-19(22)20-18)13-21(2)16-7-5-4-6-8-16/h9-12,16H,3-8,13H2,1-2H3,(H,20,22). The fraction of sp³-hybridized carbons (Fsp3) is 0.526. The summed E-state index contributed by atoms with van der Waals surface area (Å²) in [6.07, 6.45) is 7.66. The third-order valence-electron chi connectivity index (χ3n) is 4.96. The molecule has 0 aliphatic heterocycles. The van der Waals surface area contributed by atoms with Crippen LogP contribution >= 0.6 is 11.3 Å². The van der Waals surface area contributed by atoms with Crippen LogP contribution in [0.15, 0.2) is 29.1 Å². The van der Waals surface area contributed by atoms with Crippen molar-refractivity contribution in [1.29, 1.82) is 0 Å². The van der Waals surface area contributed by atoms with Crippen LogP contribution in [-0.4, -0.2) is 23.0 Å². The number of hydrogen-bond donors (Lipinski definition) is 1. The number of thiazole rings is 1. The van der Waals surface area contributed by atoms with Gasteiger partial charge in [-0.3, -0.25) is 9.69 Å². The monoisotopic (exact) mass is 330 g/mol. The molecule has 0 atom stereocenters. The molecule has 3 nitrogen and oxygen atoms in total. The molecular weight excluding hydrogens is 304 g/mol. The van der Waals surface area contributed by atoms with E-state index < -0.39 is 0 Å². The number of rotatable bonds is 5. The minimum Gasteiger partial charge on any atom is -0.312 e. The molecule has 4 heteroatoms. The average Bonchev–Trinajstić information content (AvgIpc) is 2.96. The maximum Gasteiger partial charge on any atom is 0.305 e. The van der Waals surface area contributed by atoms with Crippen molar-refractivity contribution in [2.45, 2.75) is 58.0 Å². The van der Waals surface area contributed by atoms with Crippen LogP contribution in [0.1, 0.15) is 49.5 Å². The highest BCUT2D eigenvalue weighted by molar-refractivity contribution is 7.09. The van der Waals surface area contributed by atoms with Gasteiger partial charge in [0.1, 0.15) is 0 Å². The largest absolute Gasteiger partial charge is 0.312 e. The summed E-state index contributed by atoms with van der Waals surface area (Å²) in [4.78, 5) is 18.6. The molecule has 2 aromatic rings. The summed E-state index contributed by atoms with van der Waals surface area (Å²) in [5.41, 5.74) is 3.45. The van der Waals surface area contributed by atoms with Gasteiger partial charge in [0.25, 0.3) is 0 Å². The first-order chi connectivity index (χ1) is 11.2. The second kappa shape index (κ2) is 7.45. The zero-order valence-corrected chi connectivity index (χ0v) is 14.9. The van der Waals surface area contributed by atoms with Crippen LogP contribution in [-0.2, 0) is 13.0 Å². The average molecular weight is 330 g/mol. The van der Waals surface area contributed by atoms with E-state index in [0.717, 1.165) is 29.1 Å². The van der Waals surface area contributed by atoms with Gasteiger partial charge in [0.05, 0.1) is 5.69 Å². The predicted molar refractivity (Wildman–Crippen MR) is 98.1 cm³/mol. The first-order valence-electron chi connectivity index (χ1n) is 8.69. The van der Waals surface area contributed by atoms with Gasteiger partial charge in [0.2, 0.25) is 0 Å². The van der Waals surface area contributed by atoms with Crippen LogP contribution in [0.4, 0.5) is 0 Å². The van der Waals surface area contributed by atoms with Crippen molar-refractivity contribution in [2.24, 2.45) is 0 Å². The van der Waals surface area contributed by atoms with E-state index in [1.54, 1.807) is 0 Å². The van der Waals surface area contributed by atoms with Crippen molar-refractivity contribution in [1.82, 2.24) is 9.88 Å². The zero-order valence-electron chi connectivity index (χ0n) is 14.1. The third-order valence-corrected chi connectivity index (χ3v) is 5.83. The minimum absolute atomic E-state index is 0.0478. The lowest BCUT2D eigenvalue weighted by molar-refractivity contribution is 0.186. The Morgan fingerprint density at radius 3 is 2.52 bits per heavy atom. The minimum atomic E-state index is 0.0478. The quantitative estimate of drug-likeness (QED) is 0.880. The summed E-state index contributed by atoms with van der Waals surface area (Å²) in [6.45, 7) is 3.02. The van der Waals surface area contributed by atoms with Gasteiger partial charge in [-0.25, -0.2) is 0 Å². The molecule has 0 radical (unpaired) electrons. The molecule has 1 fully saturated rings. The SMILES string of the molecule is CCc1ccc(-c2[nH]c(=O)sc2CN(C)C2CCCCC2)cc1. The fourth-order valence-electron chi connectivity index (χ4n) is 3.49. The molecule has 124 valence electrons. The van der Waals surface area contributed by atoms with Gasteiger partial charge in [0, 0.05) is 17.5 Å². The number of benzene rings is 1. The van der Waals surface area contributed by atoms with E-state index in [1.165, 1.54) is 49.0 Å². The molecule has 0 saturated heterocycles. The molecule has 1 aromatic heterocycles. The molecule has 1 aromatic carbocycles. The normalized spacial score (nSPS) is 16.1. The summed E-state index contributed by atoms with van der Waals surface area (Å²) in [6, 6.07) is 9.22. The van der Waals surface area contributed by atoms with Crippen molar-refractivity contribution in [2.75, 3.05) is 7.05 Å². The number of aryl methyl sites for hydroxylation is 1. The number of aromatic nitrogens is 1. The number of aromatic amines is 1. The van der Waals surface area contributed by atoms with Crippen molar-refractivity contribution < 1.29 is 0 Å². The van der Waals surface area contributed by atoms with Gasteiger partial charge in [0.15, 0.2) is 0 Å². The molecule has 1 saturated carbocycles. The highest BCUT2D eigenvalue weighted by Crippen LogP contribution is 2.28. The van der Waals surface area contributed by atoms with E-state index in [2.05, 4.69) is 48.1 Å². The van der Waals surface area contributed by atoms with E-state index in [1.807, 2.05) is 0 Å². The molecule has 0 bridgehead atoms. The number of nitrogens with one attached hydrogen (secondary N) is 1. The molecule has 3 rings (SSSR count). The summed E-state index contributed by atoms with van der Waals surface area (Å²) >= 11 is 1.36. The Hall–Kier alpha value is -1.39.